The van der Waals surface area contributed by atoms with E-state index in [1.54, 1.807) is 0 Å². The summed E-state index contributed by atoms with van der Waals surface area (Å²) in [6.07, 6.45) is 0. The first-order valence-electron chi connectivity index (χ1n) is 2.84. The van der Waals surface area contributed by atoms with Crippen LogP contribution in [-0.2, 0) is 5.88 Å². The lowest BCUT2D eigenvalue weighted by atomic mass is 10.2. The molecule has 0 bridgehead atoms. The van der Waals surface area contributed by atoms with Gasteiger partial charge in [-0.25, -0.2) is 8.78 Å². The first-order chi connectivity index (χ1) is 5.15. The fraction of sp³-hybridized carbons (Fsp3) is 0.143. The van der Waals surface area contributed by atoms with Crippen LogP contribution >= 0.6 is 27.5 Å². The van der Waals surface area contributed by atoms with E-state index in [0.717, 1.165) is 0 Å². The molecule has 1 rings (SSSR count). The van der Waals surface area contributed by atoms with Gasteiger partial charge in [0.25, 0.3) is 0 Å². The molecule has 1 aromatic carbocycles. The van der Waals surface area contributed by atoms with Crippen LogP contribution in [0, 0.1) is 11.6 Å². The number of halogens is 4. The van der Waals surface area contributed by atoms with E-state index < -0.39 is 11.6 Å². The molecule has 0 radical (unpaired) electrons. The second kappa shape index (κ2) is 3.50. The first kappa shape index (κ1) is 8.94. The second-order valence-corrected chi connectivity index (χ2v) is 3.07. The summed E-state index contributed by atoms with van der Waals surface area (Å²) < 4.78 is 25.2. The maximum atomic E-state index is 12.7. The summed E-state index contributed by atoms with van der Waals surface area (Å²) in [6.45, 7) is 0. The van der Waals surface area contributed by atoms with E-state index in [9.17, 15) is 8.78 Å². The number of rotatable bonds is 1. The zero-order valence-corrected chi connectivity index (χ0v) is 7.72. The van der Waals surface area contributed by atoms with E-state index in [2.05, 4.69) is 15.9 Å². The average Bonchev–Trinajstić information content (AvgIpc) is 1.99. The molecule has 1 aromatic rings. The maximum Gasteiger partial charge on any atom is 0.140 e. The molecule has 0 aromatic heterocycles. The second-order valence-electron chi connectivity index (χ2n) is 2.01. The Bertz CT molecular complexity index is 252. The topological polar surface area (TPSA) is 0 Å². The Labute approximate surface area is 76.3 Å². The molecule has 11 heavy (non-hydrogen) atoms. The average molecular weight is 241 g/mol. The van der Waals surface area contributed by atoms with Gasteiger partial charge in [0.05, 0.1) is 4.47 Å². The predicted molar refractivity (Wildman–Crippen MR) is 43.6 cm³/mol. The third-order valence-corrected chi connectivity index (χ3v) is 2.26. The molecule has 0 fully saturated rings. The summed E-state index contributed by atoms with van der Waals surface area (Å²) in [5.41, 5.74) is 0.435. The van der Waals surface area contributed by atoms with Crippen molar-refractivity contribution in [1.82, 2.24) is 0 Å². The first-order valence-corrected chi connectivity index (χ1v) is 4.17. The number of alkyl halides is 1. The van der Waals surface area contributed by atoms with E-state index in [4.69, 9.17) is 11.6 Å². The zero-order chi connectivity index (χ0) is 8.43. The molecule has 0 aliphatic heterocycles. The monoisotopic (exact) mass is 240 g/mol. The maximum absolute atomic E-state index is 12.7. The molecule has 0 saturated heterocycles. The minimum Gasteiger partial charge on any atom is -0.206 e. The Balaban J connectivity index is 3.21. The van der Waals surface area contributed by atoms with Gasteiger partial charge in [-0.2, -0.15) is 0 Å². The Hall–Kier alpha value is -0.150. The quantitative estimate of drug-likeness (QED) is 0.522. The summed E-state index contributed by atoms with van der Waals surface area (Å²) in [5.74, 6) is -1.14. The summed E-state index contributed by atoms with van der Waals surface area (Å²) in [5, 5.41) is 0. The summed E-state index contributed by atoms with van der Waals surface area (Å²) in [7, 11) is 0. The molecule has 0 atom stereocenters. The van der Waals surface area contributed by atoms with Crippen LogP contribution < -0.4 is 0 Å². The van der Waals surface area contributed by atoms with Gasteiger partial charge in [0, 0.05) is 5.88 Å². The zero-order valence-electron chi connectivity index (χ0n) is 5.37. The predicted octanol–water partition coefficient (Wildman–Crippen LogP) is 3.47. The molecule has 60 valence electrons. The van der Waals surface area contributed by atoms with Crippen LogP contribution in [-0.4, -0.2) is 0 Å². The van der Waals surface area contributed by atoms with Gasteiger partial charge in [0.15, 0.2) is 0 Å². The van der Waals surface area contributed by atoms with Crippen LogP contribution in [0.4, 0.5) is 8.78 Å². The third-order valence-electron chi connectivity index (χ3n) is 1.20. The minimum atomic E-state index is -0.624. The van der Waals surface area contributed by atoms with Crippen LogP contribution in [0.1, 0.15) is 5.56 Å². The van der Waals surface area contributed by atoms with Gasteiger partial charge in [-0.1, -0.05) is 0 Å². The molecular weight excluding hydrogens is 237 g/mol. The molecule has 0 aliphatic carbocycles. The minimum absolute atomic E-state index is 0.112. The largest absolute Gasteiger partial charge is 0.206 e. The molecule has 0 amide bonds. The fourth-order valence-corrected chi connectivity index (χ4v) is 1.07. The van der Waals surface area contributed by atoms with Crippen molar-refractivity contribution in [2.24, 2.45) is 0 Å². The van der Waals surface area contributed by atoms with Gasteiger partial charge >= 0.3 is 0 Å². The van der Waals surface area contributed by atoms with Crippen molar-refractivity contribution in [1.29, 1.82) is 0 Å². The standard InChI is InChI=1S/C7H4BrClF2/c8-7-5(10)1-4(3-9)2-6(7)11/h1-2H,3H2. The van der Waals surface area contributed by atoms with Crippen LogP contribution in [0.25, 0.3) is 0 Å². The smallest absolute Gasteiger partial charge is 0.140 e. The summed E-state index contributed by atoms with van der Waals surface area (Å²) in [4.78, 5) is 0. The molecule has 0 nitrogen and oxygen atoms in total. The van der Waals surface area contributed by atoms with Gasteiger partial charge in [0.2, 0.25) is 0 Å². The lowest BCUT2D eigenvalue weighted by Gasteiger charge is -1.99. The molecule has 0 N–H and O–H groups in total. The Kier molecular flexibility index (Phi) is 2.84. The Morgan fingerprint density at radius 3 is 2.09 bits per heavy atom. The van der Waals surface area contributed by atoms with Gasteiger partial charge in [0.1, 0.15) is 11.6 Å². The van der Waals surface area contributed by atoms with Crippen LogP contribution in [0.3, 0.4) is 0 Å². The van der Waals surface area contributed by atoms with Crippen molar-refractivity contribution >= 4 is 27.5 Å². The van der Waals surface area contributed by atoms with E-state index in [-0.39, 0.29) is 10.4 Å². The number of hydrogen-bond acceptors (Lipinski definition) is 0. The van der Waals surface area contributed by atoms with Crippen molar-refractivity contribution in [2.45, 2.75) is 5.88 Å². The number of hydrogen-bond donors (Lipinski definition) is 0. The van der Waals surface area contributed by atoms with Crippen molar-refractivity contribution in [3.8, 4) is 0 Å². The lowest BCUT2D eigenvalue weighted by molar-refractivity contribution is 0.569. The molecule has 0 saturated carbocycles. The molecule has 4 heteroatoms. The molecular formula is C7H4BrClF2. The van der Waals surface area contributed by atoms with E-state index in [1.807, 2.05) is 0 Å². The van der Waals surface area contributed by atoms with Gasteiger partial charge in [-0.3, -0.25) is 0 Å². The molecule has 0 spiro atoms. The van der Waals surface area contributed by atoms with E-state index in [0.29, 0.717) is 5.56 Å². The van der Waals surface area contributed by atoms with Crippen molar-refractivity contribution in [3.05, 3.63) is 33.8 Å². The van der Waals surface area contributed by atoms with Crippen molar-refractivity contribution < 1.29 is 8.78 Å². The van der Waals surface area contributed by atoms with Gasteiger partial charge < -0.3 is 0 Å². The highest BCUT2D eigenvalue weighted by Gasteiger charge is 2.06. The third kappa shape index (κ3) is 1.91. The fourth-order valence-electron chi connectivity index (χ4n) is 0.685. The van der Waals surface area contributed by atoms with Crippen LogP contribution in [0.15, 0.2) is 16.6 Å². The lowest BCUT2D eigenvalue weighted by Crippen LogP contribution is -1.87. The highest BCUT2D eigenvalue weighted by molar-refractivity contribution is 9.10. The molecule has 0 heterocycles. The number of benzene rings is 1. The van der Waals surface area contributed by atoms with Crippen LogP contribution in [0.2, 0.25) is 0 Å². The Morgan fingerprint density at radius 2 is 1.73 bits per heavy atom. The highest BCUT2D eigenvalue weighted by atomic mass is 79.9. The SMILES string of the molecule is Fc1cc(CCl)cc(F)c1Br. The van der Waals surface area contributed by atoms with Gasteiger partial charge in [-0.15, -0.1) is 11.6 Å². The van der Waals surface area contributed by atoms with Crippen molar-refractivity contribution in [3.63, 3.8) is 0 Å². The highest BCUT2D eigenvalue weighted by Crippen LogP contribution is 2.21. The van der Waals surface area contributed by atoms with E-state index >= 15 is 0 Å². The van der Waals surface area contributed by atoms with E-state index in [1.165, 1.54) is 12.1 Å². The Morgan fingerprint density at radius 1 is 1.27 bits per heavy atom. The van der Waals surface area contributed by atoms with Crippen molar-refractivity contribution in [2.75, 3.05) is 0 Å². The molecule has 0 aliphatic rings. The summed E-state index contributed by atoms with van der Waals surface area (Å²) in [6, 6.07) is 2.39. The van der Waals surface area contributed by atoms with Gasteiger partial charge in [-0.05, 0) is 33.6 Å². The molecule has 0 unspecified atom stereocenters. The summed E-state index contributed by atoms with van der Waals surface area (Å²) >= 11 is 8.12. The van der Waals surface area contributed by atoms with Crippen LogP contribution in [0.5, 0.6) is 0 Å². The normalized spacial score (nSPS) is 10.2.